The van der Waals surface area contributed by atoms with Crippen LogP contribution in [0.5, 0.6) is 0 Å². The minimum absolute atomic E-state index is 0.0302. The van der Waals surface area contributed by atoms with E-state index in [0.29, 0.717) is 17.1 Å². The molecule has 14 nitrogen and oxygen atoms in total. The van der Waals surface area contributed by atoms with Gasteiger partial charge in [0.25, 0.3) is 0 Å². The Hall–Kier alpha value is -18.7. The number of aromatic nitrogens is 10. The van der Waals surface area contributed by atoms with Crippen molar-refractivity contribution in [3.63, 3.8) is 0 Å². The van der Waals surface area contributed by atoms with Crippen molar-refractivity contribution in [1.29, 1.82) is 0 Å². The van der Waals surface area contributed by atoms with Crippen molar-refractivity contribution >= 4 is 87.8 Å². The van der Waals surface area contributed by atoms with E-state index in [1.54, 1.807) is 19.9 Å². The van der Waals surface area contributed by atoms with Crippen molar-refractivity contribution in [2.45, 2.75) is 41.5 Å². The summed E-state index contributed by atoms with van der Waals surface area (Å²) in [6.45, 7) is 10.6. The van der Waals surface area contributed by atoms with Crippen LogP contribution in [0.1, 0.15) is 53.9 Å². The van der Waals surface area contributed by atoms with Crippen molar-refractivity contribution in [3.8, 4) is 146 Å². The number of hydrogen-bond acceptors (Lipinski definition) is 14. The molecule has 0 spiro atoms. The molecule has 0 unspecified atom stereocenters. The fourth-order valence-electron chi connectivity index (χ4n) is 17.7. The predicted octanol–water partition coefficient (Wildman–Crippen LogP) is 33.5. The molecule has 26 aromatic rings. The second-order valence-corrected chi connectivity index (χ2v) is 33.9. The van der Waals surface area contributed by atoms with Gasteiger partial charge in [0.2, 0.25) is 0 Å². The van der Waals surface area contributed by atoms with Crippen molar-refractivity contribution < 1.29 is 36.9 Å². The van der Waals surface area contributed by atoms with E-state index < -0.39 is 48.3 Å². The first-order valence-corrected chi connectivity index (χ1v) is 46.2. The van der Waals surface area contributed by atoms with E-state index in [1.165, 1.54) is 24.1 Å². The van der Waals surface area contributed by atoms with Crippen LogP contribution in [0.4, 0.5) is 0 Å². The third kappa shape index (κ3) is 19.1. The Balaban J connectivity index is 0.000000109. The minimum atomic E-state index is -0.517. The van der Waals surface area contributed by atoms with Gasteiger partial charge in [-0.1, -0.05) is 357 Å². The average Bonchev–Trinajstić information content (AvgIpc) is 1.63. The Kier molecular flexibility index (Phi) is 20.5. The summed E-state index contributed by atoms with van der Waals surface area (Å²) in [5.74, 6) is 2.93. The monoisotopic (exact) mass is 1850 g/mol. The molecule has 9 aromatic heterocycles. The van der Waals surface area contributed by atoms with Gasteiger partial charge in [-0.15, -0.1) is 0 Å². The summed E-state index contributed by atoms with van der Waals surface area (Å²) in [7, 11) is 0. The summed E-state index contributed by atoms with van der Waals surface area (Å²) >= 11 is 0. The Labute approximate surface area is 840 Å². The number of para-hydroxylation sites is 5. The van der Waals surface area contributed by atoms with Gasteiger partial charge >= 0.3 is 0 Å². The Bertz CT molecular complexity index is 9860. The number of benzene rings is 17. The number of rotatable bonds is 13. The molecule has 0 aliphatic heterocycles. The fourth-order valence-corrected chi connectivity index (χ4v) is 17.7. The van der Waals surface area contributed by atoms with Crippen LogP contribution < -0.4 is 0 Å². The normalized spacial score (nSPS) is 12.5. The summed E-state index contributed by atoms with van der Waals surface area (Å²) in [5.41, 5.74) is 27.9. The molecular formula is C128H92N10O4. The lowest BCUT2D eigenvalue weighted by molar-refractivity contribution is 0.668. The van der Waals surface area contributed by atoms with Crippen molar-refractivity contribution in [1.82, 2.24) is 49.8 Å². The molecule has 0 aliphatic rings. The van der Waals surface area contributed by atoms with Crippen molar-refractivity contribution in [3.05, 3.63) is 483 Å². The van der Waals surface area contributed by atoms with E-state index in [2.05, 4.69) is 244 Å². The molecule has 0 saturated carbocycles. The van der Waals surface area contributed by atoms with Crippen LogP contribution >= 0.6 is 0 Å². The van der Waals surface area contributed by atoms with E-state index in [1.807, 2.05) is 178 Å². The quantitative estimate of drug-likeness (QED) is 0.106. The van der Waals surface area contributed by atoms with E-state index in [0.717, 1.165) is 195 Å². The van der Waals surface area contributed by atoms with E-state index in [4.69, 9.17) is 36.9 Å². The fraction of sp³-hybridized carbons (Fsp3) is 0.0469. The summed E-state index contributed by atoms with van der Waals surface area (Å²) in [6, 6.07) is 117. The molecule has 142 heavy (non-hydrogen) atoms. The Morgan fingerprint density at radius 2 is 0.479 bits per heavy atom. The first-order chi connectivity index (χ1) is 75.6. The molecule has 678 valence electrons. The summed E-state index contributed by atoms with van der Waals surface area (Å²) in [6.07, 6.45) is 0. The van der Waals surface area contributed by atoms with Crippen LogP contribution in [0.3, 0.4) is 0 Å². The summed E-state index contributed by atoms with van der Waals surface area (Å²) in [4.78, 5) is 45.3. The number of hydrogen-bond donors (Lipinski definition) is 0. The number of nitrogens with zero attached hydrogens (tertiary/aromatic N) is 10. The molecule has 17 aromatic carbocycles. The smallest absolute Gasteiger partial charge is 0.144 e. The molecule has 14 heteroatoms. The molecule has 0 aliphatic carbocycles. The van der Waals surface area contributed by atoms with E-state index in [-0.39, 0.29) is 81.4 Å². The van der Waals surface area contributed by atoms with Crippen LogP contribution in [0.25, 0.3) is 234 Å². The highest BCUT2D eigenvalue weighted by atomic mass is 16.3. The largest absolute Gasteiger partial charge is 0.456 e. The molecule has 0 N–H and O–H groups in total. The molecule has 9 heterocycles. The van der Waals surface area contributed by atoms with Crippen LogP contribution in [-0.4, -0.2) is 49.8 Å². The van der Waals surface area contributed by atoms with Gasteiger partial charge in [-0.3, -0.25) is 0 Å². The number of furan rings is 4. The van der Waals surface area contributed by atoms with Crippen LogP contribution in [0, 0.1) is 41.5 Å². The maximum Gasteiger partial charge on any atom is 0.144 e. The average molecular weight is 1850 g/mol. The molecule has 0 saturated heterocycles. The first kappa shape index (κ1) is 73.6. The van der Waals surface area contributed by atoms with Gasteiger partial charge in [0.15, 0.2) is 0 Å². The summed E-state index contributed by atoms with van der Waals surface area (Å²) < 4.78 is 136. The molecule has 0 bridgehead atoms. The van der Waals surface area contributed by atoms with Crippen molar-refractivity contribution in [2.24, 2.45) is 0 Å². The zero-order valence-electron chi connectivity index (χ0n) is 91.7. The van der Waals surface area contributed by atoms with Gasteiger partial charge in [-0.25, -0.2) is 49.8 Å². The minimum Gasteiger partial charge on any atom is -0.456 e. The molecule has 0 atom stereocenters. The zero-order chi connectivity index (χ0) is 108. The van der Waals surface area contributed by atoms with Gasteiger partial charge in [0, 0.05) is 98.7 Å². The summed E-state index contributed by atoms with van der Waals surface area (Å²) in [5, 5.41) is 8.82. The van der Waals surface area contributed by atoms with Crippen molar-refractivity contribution in [2.75, 3.05) is 0 Å². The molecule has 0 radical (unpaired) electrons. The van der Waals surface area contributed by atoms with Gasteiger partial charge in [0.05, 0.1) is 76.1 Å². The number of fused-ring (bicyclic) bond motifs is 12. The molecule has 0 amide bonds. The first-order valence-electron chi connectivity index (χ1n) is 53.2. The highest BCUT2D eigenvalue weighted by Crippen LogP contribution is 2.42. The third-order valence-corrected chi connectivity index (χ3v) is 24.3. The molecule has 0 fully saturated rings. The van der Waals surface area contributed by atoms with Crippen LogP contribution in [0.2, 0.25) is 0 Å². The predicted molar refractivity (Wildman–Crippen MR) is 578 cm³/mol. The lowest BCUT2D eigenvalue weighted by atomic mass is 9.98. The van der Waals surface area contributed by atoms with Crippen LogP contribution in [-0.2, 0) is 0 Å². The molecular weight excluding hydrogens is 1740 g/mol. The lowest BCUT2D eigenvalue weighted by Gasteiger charge is -2.08. The highest BCUT2D eigenvalue weighted by Gasteiger charge is 2.20. The topological polar surface area (TPSA) is 181 Å². The highest BCUT2D eigenvalue weighted by molar-refractivity contribution is 6.13. The van der Waals surface area contributed by atoms with E-state index >= 15 is 0 Å². The standard InChI is InChI=1S/3C29H20N2O.C23H16N2O.C18H16N2/c1-19-30-25(21-8-3-2-4-9-21)18-26(31-19)22-16-14-20(15-17-22)23-11-7-13-28-29(23)24-10-5-6-12-27(24)32-28;1-19-30-26(21-7-3-2-4-8-21)18-27(31-19)22-13-11-20(12-14-22)23-15-16-29-25(17-23)24-9-5-6-10-28(24)32-29;1-19-30-26(21-7-3-2-4-8-21)18-27(31-19)22-13-11-20(12-14-22)23-15-16-25-24-9-5-6-10-28(24)32-29(25)17-23;1-15-24-20(16-8-3-2-4-9-16)14-21(25-15)19-12-7-11-18-17-10-5-6-13-22(17)26-23(18)19;1-13-7-6-10-16(11-13)18-12-17(19-14(2)20-18)15-8-4-3-5-9-15/h3*2-18H,1H3;2-14H,1H3;3-12H,1-2H3/i;;;2D,3D,4D,8D,9D;3D,4D,5D,6D,7D,8D,9D,10D,11D. The van der Waals surface area contributed by atoms with E-state index in [9.17, 15) is 0 Å². The second-order valence-electron chi connectivity index (χ2n) is 33.9. The maximum absolute atomic E-state index is 8.29. The Morgan fingerprint density at radius 1 is 0.176 bits per heavy atom. The third-order valence-electron chi connectivity index (χ3n) is 24.3. The SMILES string of the molecule is Cc1nc(-c2ccccc2)cc(-c2ccc(-c3ccc4c(c3)oc3ccccc34)cc2)n1.Cc1nc(-c2ccccc2)cc(-c2ccc(-c3ccc4oc5ccccc5c4c3)cc2)n1.Cc1nc(-c2ccccc2)cc(-c2ccc(-c3cccc4oc5ccccc5c34)cc2)n1.[2H]c1c([2H])c([2H])c(-c2cc(-c3c([2H])c([2H])c([2H])c(C)c3[2H])nc(C)n2)c([2H])c1[2H].[2H]c1c([2H])c([2H])c(-c2cc(-c3cccc4c3oc3ccccc34)nc(C)n2)c([2H])c1[2H]. The zero-order valence-corrected chi connectivity index (χ0v) is 77.7. The van der Waals surface area contributed by atoms with Gasteiger partial charge in [-0.05, 0) is 172 Å². The number of aryl methyl sites for hydroxylation is 5. The van der Waals surface area contributed by atoms with Crippen LogP contribution in [0.15, 0.2) is 466 Å². The lowest BCUT2D eigenvalue weighted by Crippen LogP contribution is -1.94. The van der Waals surface area contributed by atoms with Gasteiger partial charge < -0.3 is 17.7 Å². The second kappa shape index (κ2) is 39.6. The Morgan fingerprint density at radius 3 is 0.965 bits per heavy atom. The molecule has 26 rings (SSSR count). The van der Waals surface area contributed by atoms with Gasteiger partial charge in [-0.2, -0.15) is 0 Å². The maximum atomic E-state index is 8.29. The van der Waals surface area contributed by atoms with Gasteiger partial charge in [0.1, 0.15) is 73.8 Å².